The number of methoxy groups -OCH3 is 1. The molecule has 0 spiro atoms. The summed E-state index contributed by atoms with van der Waals surface area (Å²) in [4.78, 5) is 35.8. The van der Waals surface area contributed by atoms with E-state index in [4.69, 9.17) is 5.11 Å². The van der Waals surface area contributed by atoms with Crippen LogP contribution in [-0.4, -0.2) is 80.4 Å². The number of amides is 2. The number of piperazine rings is 1. The van der Waals surface area contributed by atoms with Gasteiger partial charge < -0.3 is 25.8 Å². The number of urea groups is 1. The van der Waals surface area contributed by atoms with Crippen LogP contribution in [0.4, 0.5) is 4.79 Å². The van der Waals surface area contributed by atoms with Crippen molar-refractivity contribution < 1.29 is 24.2 Å². The standard InChI is InChI=1S/C12H22N4O5/c1-21-10(17)8-9(11(18)19)15-12(20)14-4-7-16-5-2-13-3-6-16/h9,13H,2-8H2,1H3,(H,18,19)(H2,14,15,20)/t9-/m0/s1. The van der Waals surface area contributed by atoms with Gasteiger partial charge in [0.25, 0.3) is 0 Å². The number of carbonyl (C=O) groups excluding carboxylic acids is 2. The monoisotopic (exact) mass is 302 g/mol. The number of aliphatic carboxylic acids is 1. The highest BCUT2D eigenvalue weighted by molar-refractivity contribution is 5.86. The molecule has 0 aromatic rings. The average molecular weight is 302 g/mol. The Morgan fingerprint density at radius 3 is 2.57 bits per heavy atom. The van der Waals surface area contributed by atoms with Gasteiger partial charge in [0, 0.05) is 39.3 Å². The van der Waals surface area contributed by atoms with Crippen molar-refractivity contribution in [3.63, 3.8) is 0 Å². The van der Waals surface area contributed by atoms with Crippen molar-refractivity contribution in [3.8, 4) is 0 Å². The van der Waals surface area contributed by atoms with Gasteiger partial charge in [0.05, 0.1) is 13.5 Å². The van der Waals surface area contributed by atoms with Gasteiger partial charge in [0.1, 0.15) is 6.04 Å². The van der Waals surface area contributed by atoms with E-state index in [-0.39, 0.29) is 0 Å². The Morgan fingerprint density at radius 1 is 1.33 bits per heavy atom. The number of carbonyl (C=O) groups is 3. The van der Waals surface area contributed by atoms with E-state index in [1.807, 2.05) is 0 Å². The second-order valence-electron chi connectivity index (χ2n) is 4.66. The number of nitrogens with one attached hydrogen (secondary N) is 3. The van der Waals surface area contributed by atoms with Gasteiger partial charge in [-0.15, -0.1) is 0 Å². The fourth-order valence-electron chi connectivity index (χ4n) is 1.92. The van der Waals surface area contributed by atoms with Gasteiger partial charge in [-0.05, 0) is 0 Å². The predicted octanol–water partition coefficient (Wildman–Crippen LogP) is -1.79. The maximum atomic E-state index is 11.6. The molecule has 1 aliphatic rings. The summed E-state index contributed by atoms with van der Waals surface area (Å²) in [6, 6.07) is -1.90. The first kappa shape index (κ1) is 17.2. The summed E-state index contributed by atoms with van der Waals surface area (Å²) in [5.74, 6) is -1.97. The van der Waals surface area contributed by atoms with Crippen molar-refractivity contribution in [1.82, 2.24) is 20.9 Å². The van der Waals surface area contributed by atoms with Crippen LogP contribution in [0.3, 0.4) is 0 Å². The molecule has 9 heteroatoms. The number of esters is 1. The molecule has 4 N–H and O–H groups in total. The molecule has 0 saturated carbocycles. The normalized spacial score (nSPS) is 16.8. The lowest BCUT2D eigenvalue weighted by Crippen LogP contribution is -2.50. The van der Waals surface area contributed by atoms with Gasteiger partial charge in [0.15, 0.2) is 0 Å². The van der Waals surface area contributed by atoms with Crippen molar-refractivity contribution in [2.24, 2.45) is 0 Å². The maximum absolute atomic E-state index is 11.6. The number of rotatable bonds is 7. The summed E-state index contributed by atoms with van der Waals surface area (Å²) in [6.45, 7) is 4.80. The molecule has 0 bridgehead atoms. The highest BCUT2D eigenvalue weighted by Crippen LogP contribution is 1.95. The summed E-state index contributed by atoms with van der Waals surface area (Å²) < 4.78 is 4.39. The van der Waals surface area contributed by atoms with Crippen LogP contribution in [0.1, 0.15) is 6.42 Å². The first-order valence-electron chi connectivity index (χ1n) is 6.80. The van der Waals surface area contributed by atoms with Crippen LogP contribution < -0.4 is 16.0 Å². The number of ether oxygens (including phenoxy) is 1. The van der Waals surface area contributed by atoms with Crippen LogP contribution in [0.25, 0.3) is 0 Å². The van der Waals surface area contributed by atoms with Crippen molar-refractivity contribution >= 4 is 18.0 Å². The molecule has 21 heavy (non-hydrogen) atoms. The van der Waals surface area contributed by atoms with Gasteiger partial charge in [0.2, 0.25) is 0 Å². The van der Waals surface area contributed by atoms with E-state index < -0.39 is 30.4 Å². The van der Waals surface area contributed by atoms with E-state index in [0.29, 0.717) is 13.1 Å². The SMILES string of the molecule is COC(=O)C[C@H](NC(=O)NCCN1CCNCC1)C(=O)O. The Hall–Kier alpha value is -1.87. The topological polar surface area (TPSA) is 120 Å². The summed E-state index contributed by atoms with van der Waals surface area (Å²) in [5.41, 5.74) is 0. The zero-order valence-corrected chi connectivity index (χ0v) is 12.1. The van der Waals surface area contributed by atoms with Crippen molar-refractivity contribution in [2.75, 3.05) is 46.4 Å². The quantitative estimate of drug-likeness (QED) is 0.410. The van der Waals surface area contributed by atoms with E-state index in [1.54, 1.807) is 0 Å². The summed E-state index contributed by atoms with van der Waals surface area (Å²) in [7, 11) is 1.16. The van der Waals surface area contributed by atoms with E-state index in [0.717, 1.165) is 33.3 Å². The fraction of sp³-hybridized carbons (Fsp3) is 0.750. The first-order chi connectivity index (χ1) is 10.0. The lowest BCUT2D eigenvalue weighted by molar-refractivity contribution is -0.147. The molecular weight excluding hydrogens is 280 g/mol. The third-order valence-corrected chi connectivity index (χ3v) is 3.13. The summed E-state index contributed by atoms with van der Waals surface area (Å²) >= 11 is 0. The summed E-state index contributed by atoms with van der Waals surface area (Å²) in [6.07, 6.45) is -0.406. The molecule has 0 radical (unpaired) electrons. The van der Waals surface area contributed by atoms with Gasteiger partial charge in [-0.25, -0.2) is 9.59 Å². The maximum Gasteiger partial charge on any atom is 0.326 e. The highest BCUT2D eigenvalue weighted by Gasteiger charge is 2.23. The molecule has 1 aliphatic heterocycles. The van der Waals surface area contributed by atoms with Crippen LogP contribution in [-0.2, 0) is 14.3 Å². The van der Waals surface area contributed by atoms with Crippen LogP contribution in [0, 0.1) is 0 Å². The fourth-order valence-corrected chi connectivity index (χ4v) is 1.92. The minimum Gasteiger partial charge on any atom is -0.480 e. The third kappa shape index (κ3) is 6.91. The Labute approximate surface area is 123 Å². The van der Waals surface area contributed by atoms with Gasteiger partial charge >= 0.3 is 18.0 Å². The van der Waals surface area contributed by atoms with Gasteiger partial charge in [-0.1, -0.05) is 0 Å². The minimum absolute atomic E-state index is 0.406. The van der Waals surface area contributed by atoms with Crippen molar-refractivity contribution in [1.29, 1.82) is 0 Å². The highest BCUT2D eigenvalue weighted by atomic mass is 16.5. The van der Waals surface area contributed by atoms with E-state index >= 15 is 0 Å². The number of hydrogen-bond acceptors (Lipinski definition) is 6. The molecular formula is C12H22N4O5. The van der Waals surface area contributed by atoms with Gasteiger partial charge in [-0.3, -0.25) is 9.69 Å². The lowest BCUT2D eigenvalue weighted by Gasteiger charge is -2.27. The molecule has 0 aromatic heterocycles. The molecule has 1 atom stereocenters. The molecule has 120 valence electrons. The molecule has 0 aliphatic carbocycles. The van der Waals surface area contributed by atoms with Gasteiger partial charge in [-0.2, -0.15) is 0 Å². The number of carboxylic acids is 1. The Bertz CT molecular complexity index is 371. The Kier molecular flexibility index (Phi) is 7.48. The molecule has 0 aromatic carbocycles. The largest absolute Gasteiger partial charge is 0.480 e. The van der Waals surface area contributed by atoms with Crippen LogP contribution >= 0.6 is 0 Å². The van der Waals surface area contributed by atoms with E-state index in [9.17, 15) is 14.4 Å². The lowest BCUT2D eigenvalue weighted by atomic mass is 10.2. The van der Waals surface area contributed by atoms with Crippen LogP contribution in [0.2, 0.25) is 0 Å². The molecule has 1 saturated heterocycles. The molecule has 2 amide bonds. The average Bonchev–Trinajstić information content (AvgIpc) is 2.47. The van der Waals surface area contributed by atoms with Crippen molar-refractivity contribution in [3.05, 3.63) is 0 Å². The minimum atomic E-state index is -1.29. The zero-order chi connectivity index (χ0) is 15.7. The second-order valence-corrected chi connectivity index (χ2v) is 4.66. The van der Waals surface area contributed by atoms with E-state index in [1.165, 1.54) is 0 Å². The predicted molar refractivity (Wildman–Crippen MR) is 73.9 cm³/mol. The molecule has 9 nitrogen and oxygen atoms in total. The first-order valence-corrected chi connectivity index (χ1v) is 6.80. The smallest absolute Gasteiger partial charge is 0.326 e. The number of nitrogens with zero attached hydrogens (tertiary/aromatic N) is 1. The van der Waals surface area contributed by atoms with Crippen LogP contribution in [0.5, 0.6) is 0 Å². The van der Waals surface area contributed by atoms with Crippen molar-refractivity contribution in [2.45, 2.75) is 12.5 Å². The number of hydrogen-bond donors (Lipinski definition) is 4. The molecule has 1 heterocycles. The Balaban J connectivity index is 2.26. The second kappa shape index (κ2) is 9.14. The molecule has 1 fully saturated rings. The van der Waals surface area contributed by atoms with Crippen LogP contribution in [0.15, 0.2) is 0 Å². The third-order valence-electron chi connectivity index (χ3n) is 3.13. The Morgan fingerprint density at radius 2 is 2.00 bits per heavy atom. The van der Waals surface area contributed by atoms with E-state index in [2.05, 4.69) is 25.6 Å². The zero-order valence-electron chi connectivity index (χ0n) is 12.1. The molecule has 1 rings (SSSR count). The molecule has 0 unspecified atom stereocenters. The number of carboxylic acid groups (broad SMARTS) is 1. The summed E-state index contributed by atoms with van der Waals surface area (Å²) in [5, 5.41) is 17.0.